The number of carbonyl (C=O) groups is 2. The van der Waals surface area contributed by atoms with Crippen LogP contribution in [0.3, 0.4) is 0 Å². The number of hydrogen-bond acceptors (Lipinski definition) is 4. The molecule has 0 fully saturated rings. The minimum absolute atomic E-state index is 0.203. The van der Waals surface area contributed by atoms with Gasteiger partial charge in [0, 0.05) is 25.0 Å². The Morgan fingerprint density at radius 2 is 1.84 bits per heavy atom. The molecule has 0 aliphatic rings. The molecule has 6 nitrogen and oxygen atoms in total. The fourth-order valence-electron chi connectivity index (χ4n) is 2.36. The van der Waals surface area contributed by atoms with E-state index < -0.39 is 6.04 Å². The molecule has 132 valence electrons. The lowest BCUT2D eigenvalue weighted by atomic mass is 10.0. The molecule has 1 aromatic carbocycles. The third kappa shape index (κ3) is 5.60. The van der Waals surface area contributed by atoms with E-state index in [0.717, 1.165) is 0 Å². The number of hydrogen-bond donors (Lipinski definition) is 2. The van der Waals surface area contributed by atoms with Crippen LogP contribution in [-0.4, -0.2) is 29.9 Å². The first kappa shape index (κ1) is 18.4. The number of pyridine rings is 1. The lowest BCUT2D eigenvalue weighted by molar-refractivity contribution is -0.122. The average Bonchev–Trinajstić information content (AvgIpc) is 2.61. The summed E-state index contributed by atoms with van der Waals surface area (Å²) in [6.45, 7) is 4.01. The fourth-order valence-corrected chi connectivity index (χ4v) is 2.36. The minimum atomic E-state index is -0.567. The summed E-state index contributed by atoms with van der Waals surface area (Å²) < 4.78 is 5.71. The molecule has 0 saturated carbocycles. The minimum Gasteiger partial charge on any atom is -0.457 e. The Balaban J connectivity index is 2.10. The van der Waals surface area contributed by atoms with Gasteiger partial charge >= 0.3 is 0 Å². The number of nitrogens with one attached hydrogen (secondary N) is 2. The van der Waals surface area contributed by atoms with Crippen LogP contribution >= 0.6 is 0 Å². The third-order valence-electron chi connectivity index (χ3n) is 3.56. The Bertz CT molecular complexity index is 717. The number of carbonyl (C=O) groups excluding carboxylic acids is 2. The first-order chi connectivity index (χ1) is 12.0. The Labute approximate surface area is 147 Å². The summed E-state index contributed by atoms with van der Waals surface area (Å²) in [5, 5.41) is 5.38. The van der Waals surface area contributed by atoms with Gasteiger partial charge in [-0.2, -0.15) is 0 Å². The highest BCUT2D eigenvalue weighted by atomic mass is 16.5. The quantitative estimate of drug-likeness (QED) is 0.811. The number of likely N-dealkylation sites (N-methyl/N-ethyl adjacent to an activating group) is 1. The van der Waals surface area contributed by atoms with Crippen LogP contribution in [0, 0.1) is 5.92 Å². The Kier molecular flexibility index (Phi) is 6.51. The molecule has 2 aromatic rings. The van der Waals surface area contributed by atoms with Crippen molar-refractivity contribution in [1.82, 2.24) is 15.6 Å². The molecule has 0 unspecified atom stereocenters. The maximum atomic E-state index is 12.5. The smallest absolute Gasteiger partial charge is 0.252 e. The van der Waals surface area contributed by atoms with Crippen molar-refractivity contribution in [2.45, 2.75) is 26.3 Å². The van der Waals surface area contributed by atoms with Gasteiger partial charge < -0.3 is 15.4 Å². The summed E-state index contributed by atoms with van der Waals surface area (Å²) in [5.74, 6) is 0.944. The Morgan fingerprint density at radius 3 is 2.48 bits per heavy atom. The Hall–Kier alpha value is -2.89. The molecule has 1 aromatic heterocycles. The number of aromatic nitrogens is 1. The van der Waals surface area contributed by atoms with Gasteiger partial charge in [-0.05, 0) is 42.7 Å². The molecule has 2 N–H and O–H groups in total. The maximum Gasteiger partial charge on any atom is 0.252 e. The van der Waals surface area contributed by atoms with E-state index in [2.05, 4.69) is 15.6 Å². The molecule has 2 rings (SSSR count). The summed E-state index contributed by atoms with van der Waals surface area (Å²) in [6.07, 6.45) is 3.83. The van der Waals surface area contributed by atoms with Crippen molar-refractivity contribution in [2.24, 2.45) is 5.92 Å². The average molecular weight is 341 g/mol. The van der Waals surface area contributed by atoms with Crippen molar-refractivity contribution in [2.75, 3.05) is 7.05 Å². The zero-order valence-corrected chi connectivity index (χ0v) is 14.7. The predicted molar refractivity (Wildman–Crippen MR) is 95.5 cm³/mol. The van der Waals surface area contributed by atoms with Gasteiger partial charge in [0.15, 0.2) is 0 Å². The van der Waals surface area contributed by atoms with Crippen molar-refractivity contribution in [3.05, 3.63) is 54.4 Å². The van der Waals surface area contributed by atoms with Gasteiger partial charge in [-0.3, -0.25) is 14.6 Å². The van der Waals surface area contributed by atoms with E-state index in [1.54, 1.807) is 55.8 Å². The van der Waals surface area contributed by atoms with Crippen LogP contribution in [0.1, 0.15) is 30.6 Å². The van der Waals surface area contributed by atoms with Crippen molar-refractivity contribution in [3.8, 4) is 11.5 Å². The van der Waals surface area contributed by atoms with E-state index in [-0.39, 0.29) is 17.7 Å². The van der Waals surface area contributed by atoms with E-state index in [4.69, 9.17) is 4.74 Å². The maximum absolute atomic E-state index is 12.5. The van der Waals surface area contributed by atoms with Crippen molar-refractivity contribution >= 4 is 11.8 Å². The fraction of sp³-hybridized carbons (Fsp3) is 0.316. The number of rotatable bonds is 7. The zero-order valence-electron chi connectivity index (χ0n) is 14.7. The first-order valence-corrected chi connectivity index (χ1v) is 8.20. The number of ether oxygens (including phenoxy) is 1. The lowest BCUT2D eigenvalue weighted by Crippen LogP contribution is -2.46. The second-order valence-corrected chi connectivity index (χ2v) is 6.08. The largest absolute Gasteiger partial charge is 0.457 e. The van der Waals surface area contributed by atoms with Gasteiger partial charge in [0.1, 0.15) is 17.5 Å². The van der Waals surface area contributed by atoms with Crippen molar-refractivity contribution in [1.29, 1.82) is 0 Å². The van der Waals surface area contributed by atoms with Crippen molar-refractivity contribution < 1.29 is 14.3 Å². The van der Waals surface area contributed by atoms with Crippen LogP contribution in [0.2, 0.25) is 0 Å². The zero-order chi connectivity index (χ0) is 18.2. The van der Waals surface area contributed by atoms with Gasteiger partial charge in [0.25, 0.3) is 5.91 Å². The molecule has 0 bridgehead atoms. The molecule has 0 radical (unpaired) electrons. The van der Waals surface area contributed by atoms with E-state index in [1.165, 1.54) is 0 Å². The summed E-state index contributed by atoms with van der Waals surface area (Å²) in [5.41, 5.74) is 0.434. The molecule has 2 amide bonds. The van der Waals surface area contributed by atoms with Gasteiger partial charge in [-0.25, -0.2) is 0 Å². The molecule has 0 aliphatic carbocycles. The molecule has 0 saturated heterocycles. The van der Waals surface area contributed by atoms with Crippen LogP contribution < -0.4 is 15.4 Å². The number of amides is 2. The molecule has 0 spiro atoms. The molecular weight excluding hydrogens is 318 g/mol. The van der Waals surface area contributed by atoms with Crippen LogP contribution in [0.15, 0.2) is 48.8 Å². The van der Waals surface area contributed by atoms with E-state index in [9.17, 15) is 9.59 Å². The van der Waals surface area contributed by atoms with Crippen LogP contribution in [0.4, 0.5) is 0 Å². The molecule has 0 aliphatic heterocycles. The summed E-state index contributed by atoms with van der Waals surface area (Å²) in [7, 11) is 1.56. The standard InChI is InChI=1S/C19H23N3O3/c1-13(2)11-17(19(24)20-3)22-18(23)14-5-4-6-16(12-14)25-15-7-9-21-10-8-15/h4-10,12-13,17H,11H2,1-3H3,(H,20,24)(H,22,23)/t17-/m1/s1. The second-order valence-electron chi connectivity index (χ2n) is 6.08. The molecule has 1 heterocycles. The molecule has 25 heavy (non-hydrogen) atoms. The van der Waals surface area contributed by atoms with Crippen LogP contribution in [0.25, 0.3) is 0 Å². The van der Waals surface area contributed by atoms with Crippen molar-refractivity contribution in [3.63, 3.8) is 0 Å². The van der Waals surface area contributed by atoms with Crippen LogP contribution in [0.5, 0.6) is 11.5 Å². The first-order valence-electron chi connectivity index (χ1n) is 8.20. The van der Waals surface area contributed by atoms with Gasteiger partial charge in [0.05, 0.1) is 0 Å². The predicted octanol–water partition coefficient (Wildman–Crippen LogP) is 2.76. The highest BCUT2D eigenvalue weighted by Crippen LogP contribution is 2.21. The lowest BCUT2D eigenvalue weighted by Gasteiger charge is -2.19. The second kappa shape index (κ2) is 8.82. The monoisotopic (exact) mass is 341 g/mol. The van der Waals surface area contributed by atoms with Crippen LogP contribution in [-0.2, 0) is 4.79 Å². The van der Waals surface area contributed by atoms with Gasteiger partial charge in [-0.1, -0.05) is 19.9 Å². The summed E-state index contributed by atoms with van der Waals surface area (Å²) in [4.78, 5) is 28.4. The SMILES string of the molecule is CNC(=O)[C@@H](CC(C)C)NC(=O)c1cccc(Oc2ccncc2)c1. The topological polar surface area (TPSA) is 80.3 Å². The normalized spacial score (nSPS) is 11.7. The summed E-state index contributed by atoms with van der Waals surface area (Å²) >= 11 is 0. The molecule has 1 atom stereocenters. The van der Waals surface area contributed by atoms with Gasteiger partial charge in [0.2, 0.25) is 5.91 Å². The number of nitrogens with zero attached hydrogens (tertiary/aromatic N) is 1. The van der Waals surface area contributed by atoms with Gasteiger partial charge in [-0.15, -0.1) is 0 Å². The van der Waals surface area contributed by atoms with E-state index in [0.29, 0.717) is 23.5 Å². The van der Waals surface area contributed by atoms with E-state index >= 15 is 0 Å². The van der Waals surface area contributed by atoms with E-state index in [1.807, 2.05) is 13.8 Å². The molecular formula is C19H23N3O3. The highest BCUT2D eigenvalue weighted by Gasteiger charge is 2.21. The summed E-state index contributed by atoms with van der Waals surface area (Å²) in [6, 6.07) is 9.73. The third-order valence-corrected chi connectivity index (χ3v) is 3.56. The molecule has 6 heteroatoms. The highest BCUT2D eigenvalue weighted by molar-refractivity contribution is 5.97. The Morgan fingerprint density at radius 1 is 1.12 bits per heavy atom. The number of benzene rings is 1.